The van der Waals surface area contributed by atoms with Gasteiger partial charge in [-0.1, -0.05) is 115 Å². The average molecular weight is 444 g/mol. The molecule has 0 aromatic heterocycles. The van der Waals surface area contributed by atoms with Crippen LogP contribution in [0.5, 0.6) is 0 Å². The second kappa shape index (κ2) is 9.99. The summed E-state index contributed by atoms with van der Waals surface area (Å²) in [5, 5.41) is 4.34. The van der Waals surface area contributed by atoms with Gasteiger partial charge in [-0.15, -0.1) is 0 Å². The minimum Gasteiger partial charge on any atom is -0.0622 e. The van der Waals surface area contributed by atoms with Crippen LogP contribution in [-0.2, 0) is 12.6 Å². The van der Waals surface area contributed by atoms with Gasteiger partial charge in [-0.05, 0) is 47.0 Å². The third-order valence-electron chi connectivity index (χ3n) is 6.30. The maximum absolute atomic E-state index is 2.38. The zero-order chi connectivity index (χ0) is 22.3. The first-order chi connectivity index (χ1) is 16.4. The number of hydrogen-bond donors (Lipinski definition) is 0. The van der Waals surface area contributed by atoms with Crippen molar-refractivity contribution >= 4 is 23.2 Å². The molecule has 5 aromatic rings. The Morgan fingerprint density at radius 3 is 1.36 bits per heavy atom. The fourth-order valence-corrected chi connectivity index (χ4v) is 9.26. The Labute approximate surface area is 197 Å². The van der Waals surface area contributed by atoms with Crippen LogP contribution in [0.2, 0.25) is 0 Å². The molecule has 0 aliphatic carbocycles. The molecule has 0 radical (unpaired) electrons. The van der Waals surface area contributed by atoms with E-state index in [-0.39, 0.29) is 0 Å². The summed E-state index contributed by atoms with van der Waals surface area (Å²) < 4.78 is 0. The summed E-state index contributed by atoms with van der Waals surface area (Å²) in [4.78, 5) is 0. The van der Waals surface area contributed by atoms with Crippen molar-refractivity contribution in [2.24, 2.45) is 0 Å². The van der Waals surface area contributed by atoms with E-state index in [9.17, 15) is 0 Å². The summed E-state index contributed by atoms with van der Waals surface area (Å²) in [6.07, 6.45) is 1.95. The first-order valence-electron chi connectivity index (χ1n) is 11.5. The van der Waals surface area contributed by atoms with Crippen molar-refractivity contribution < 1.29 is 0 Å². The van der Waals surface area contributed by atoms with Gasteiger partial charge in [0.25, 0.3) is 0 Å². The third kappa shape index (κ3) is 4.54. The fourth-order valence-electron chi connectivity index (χ4n) is 4.77. The van der Waals surface area contributed by atoms with E-state index in [1.54, 1.807) is 0 Å². The molecule has 5 aromatic carbocycles. The third-order valence-corrected chi connectivity index (χ3v) is 10.8. The highest BCUT2D eigenvalue weighted by Gasteiger charge is 2.46. The van der Waals surface area contributed by atoms with Gasteiger partial charge >= 0.3 is 0 Å². The van der Waals surface area contributed by atoms with Crippen molar-refractivity contribution in [1.29, 1.82) is 0 Å². The molecule has 0 N–H and O–H groups in total. The molecule has 33 heavy (non-hydrogen) atoms. The second-order valence-electron chi connectivity index (χ2n) is 8.42. The van der Waals surface area contributed by atoms with Gasteiger partial charge in [0, 0.05) is 6.42 Å². The molecule has 0 saturated carbocycles. The smallest absolute Gasteiger partial charge is 0.0622 e. The quantitative estimate of drug-likeness (QED) is 0.244. The molecule has 0 fully saturated rings. The van der Waals surface area contributed by atoms with Gasteiger partial charge < -0.3 is 0 Å². The largest absolute Gasteiger partial charge is 0.116 e. The molecule has 0 amide bonds. The first kappa shape index (κ1) is 21.4. The van der Waals surface area contributed by atoms with Crippen LogP contribution in [-0.4, -0.2) is 0 Å². The summed E-state index contributed by atoms with van der Waals surface area (Å²) in [7, 11) is -1.95. The first-order valence-corrected chi connectivity index (χ1v) is 13.5. The molecule has 0 bridgehead atoms. The molecule has 0 heterocycles. The zero-order valence-corrected chi connectivity index (χ0v) is 19.6. The average Bonchev–Trinajstić information content (AvgIpc) is 2.90. The highest BCUT2D eigenvalue weighted by atomic mass is 31.2. The molecule has 0 saturated heterocycles. The van der Waals surface area contributed by atoms with Crippen molar-refractivity contribution in [2.45, 2.75) is 12.6 Å². The molecular weight excluding hydrogens is 415 g/mol. The molecule has 1 heteroatoms. The standard InChI is InChI=1S/C32H28P/c1-5-15-27(16-6-1)25-29-19-13-14-24-32(29)33(30-20-9-3-10-21-30,31-22-11-4-12-23-31)26-28-17-7-2-8-18-28/h1-24H,25-26H2/q+1. The van der Waals surface area contributed by atoms with E-state index in [0.29, 0.717) is 0 Å². The van der Waals surface area contributed by atoms with Crippen LogP contribution in [0.4, 0.5) is 0 Å². The molecule has 5 rings (SSSR count). The van der Waals surface area contributed by atoms with Crippen molar-refractivity contribution in [3.63, 3.8) is 0 Å². The lowest BCUT2D eigenvalue weighted by Crippen LogP contribution is -2.34. The van der Waals surface area contributed by atoms with Crippen molar-refractivity contribution in [3.8, 4) is 0 Å². The Balaban J connectivity index is 1.78. The van der Waals surface area contributed by atoms with Gasteiger partial charge in [0.2, 0.25) is 0 Å². The van der Waals surface area contributed by atoms with E-state index < -0.39 is 7.26 Å². The molecule has 0 aliphatic heterocycles. The Bertz CT molecular complexity index is 1240. The van der Waals surface area contributed by atoms with E-state index in [2.05, 4.69) is 146 Å². The van der Waals surface area contributed by atoms with Gasteiger partial charge in [0.05, 0.1) is 6.16 Å². The van der Waals surface area contributed by atoms with E-state index in [4.69, 9.17) is 0 Å². The van der Waals surface area contributed by atoms with Crippen LogP contribution in [0.15, 0.2) is 146 Å². The SMILES string of the molecule is c1ccc(Cc2ccccc2[P+](Cc2ccccc2)(c2ccccc2)c2ccccc2)cc1. The Morgan fingerprint density at radius 1 is 0.394 bits per heavy atom. The van der Waals surface area contributed by atoms with E-state index in [1.165, 1.54) is 32.6 Å². The predicted octanol–water partition coefficient (Wildman–Crippen LogP) is 6.77. The van der Waals surface area contributed by atoms with Crippen LogP contribution in [0, 0.1) is 0 Å². The summed E-state index contributed by atoms with van der Waals surface area (Å²) in [6.45, 7) is 0. The molecule has 0 spiro atoms. The van der Waals surface area contributed by atoms with E-state index >= 15 is 0 Å². The number of hydrogen-bond acceptors (Lipinski definition) is 0. The minimum absolute atomic E-state index is 0.938. The topological polar surface area (TPSA) is 0 Å². The lowest BCUT2D eigenvalue weighted by atomic mass is 10.1. The molecular formula is C32H28P+. The van der Waals surface area contributed by atoms with Crippen molar-refractivity contribution in [1.82, 2.24) is 0 Å². The Morgan fingerprint density at radius 2 is 0.818 bits per heavy atom. The highest BCUT2D eigenvalue weighted by Crippen LogP contribution is 2.58. The lowest BCUT2D eigenvalue weighted by molar-refractivity contribution is 1.21. The highest BCUT2D eigenvalue weighted by molar-refractivity contribution is 7.95. The number of benzene rings is 5. The summed E-state index contributed by atoms with van der Waals surface area (Å²) >= 11 is 0. The van der Waals surface area contributed by atoms with E-state index in [0.717, 1.165) is 12.6 Å². The lowest BCUT2D eigenvalue weighted by Gasteiger charge is -2.29. The van der Waals surface area contributed by atoms with Crippen LogP contribution in [0.25, 0.3) is 0 Å². The minimum atomic E-state index is -1.95. The molecule has 0 atom stereocenters. The van der Waals surface area contributed by atoms with Crippen LogP contribution >= 0.6 is 7.26 Å². The van der Waals surface area contributed by atoms with Crippen LogP contribution < -0.4 is 15.9 Å². The monoisotopic (exact) mass is 443 g/mol. The van der Waals surface area contributed by atoms with Crippen LogP contribution in [0.3, 0.4) is 0 Å². The zero-order valence-electron chi connectivity index (χ0n) is 18.7. The maximum Gasteiger partial charge on any atom is 0.116 e. The second-order valence-corrected chi connectivity index (χ2v) is 11.9. The van der Waals surface area contributed by atoms with Crippen molar-refractivity contribution in [2.75, 3.05) is 0 Å². The molecule has 160 valence electrons. The maximum atomic E-state index is 2.38. The Kier molecular flexibility index (Phi) is 6.47. The van der Waals surface area contributed by atoms with Gasteiger partial charge in [-0.2, -0.15) is 0 Å². The van der Waals surface area contributed by atoms with Gasteiger partial charge in [-0.25, -0.2) is 0 Å². The summed E-state index contributed by atoms with van der Waals surface area (Å²) in [5.74, 6) is 0. The normalized spacial score (nSPS) is 11.3. The predicted molar refractivity (Wildman–Crippen MR) is 145 cm³/mol. The Hall–Kier alpha value is -3.47. The van der Waals surface area contributed by atoms with Gasteiger partial charge in [-0.3, -0.25) is 0 Å². The molecule has 0 unspecified atom stereocenters. The number of rotatable bonds is 7. The fraction of sp³-hybridized carbons (Fsp3) is 0.0625. The van der Waals surface area contributed by atoms with Crippen molar-refractivity contribution in [3.05, 3.63) is 162 Å². The van der Waals surface area contributed by atoms with E-state index in [1.807, 2.05) is 0 Å². The summed E-state index contributed by atoms with van der Waals surface area (Å²) in [6, 6.07) is 53.3. The van der Waals surface area contributed by atoms with Crippen LogP contribution in [0.1, 0.15) is 16.7 Å². The van der Waals surface area contributed by atoms with Gasteiger partial charge in [0.1, 0.15) is 23.2 Å². The summed E-state index contributed by atoms with van der Waals surface area (Å²) in [5.41, 5.74) is 4.15. The molecule has 0 nitrogen and oxygen atoms in total. The van der Waals surface area contributed by atoms with Gasteiger partial charge in [0.15, 0.2) is 0 Å². The molecule has 0 aliphatic rings.